The Bertz CT molecular complexity index is 802. The summed E-state index contributed by atoms with van der Waals surface area (Å²) in [5.74, 6) is 0.119. The molecular formula is C15H14N4O5. The first kappa shape index (κ1) is 16.9. The van der Waals surface area contributed by atoms with Crippen LogP contribution in [0.1, 0.15) is 18.9 Å². The van der Waals surface area contributed by atoms with Crippen molar-refractivity contribution in [2.75, 3.05) is 5.43 Å². The van der Waals surface area contributed by atoms with Gasteiger partial charge in [-0.25, -0.2) is 0 Å². The lowest BCUT2D eigenvalue weighted by Crippen LogP contribution is -2.04. The Morgan fingerprint density at radius 2 is 1.79 bits per heavy atom. The Balaban J connectivity index is 2.33. The van der Waals surface area contributed by atoms with Gasteiger partial charge in [0.15, 0.2) is 0 Å². The van der Waals surface area contributed by atoms with E-state index in [9.17, 15) is 25.3 Å². The topological polar surface area (TPSA) is 131 Å². The zero-order valence-corrected chi connectivity index (χ0v) is 12.7. The van der Waals surface area contributed by atoms with Gasteiger partial charge in [0, 0.05) is 6.07 Å². The van der Waals surface area contributed by atoms with Gasteiger partial charge in [-0.1, -0.05) is 6.92 Å². The van der Waals surface area contributed by atoms with Crippen LogP contribution in [0.25, 0.3) is 0 Å². The van der Waals surface area contributed by atoms with Gasteiger partial charge in [0.1, 0.15) is 11.4 Å². The Kier molecular flexibility index (Phi) is 5.05. The Hall–Kier alpha value is -3.49. The molecule has 0 amide bonds. The van der Waals surface area contributed by atoms with E-state index in [4.69, 9.17) is 0 Å². The van der Waals surface area contributed by atoms with Gasteiger partial charge >= 0.3 is 5.69 Å². The molecule has 0 unspecified atom stereocenters. The molecule has 0 atom stereocenters. The zero-order valence-electron chi connectivity index (χ0n) is 12.7. The lowest BCUT2D eigenvalue weighted by Gasteiger charge is -2.07. The average Bonchev–Trinajstić information content (AvgIpc) is 2.56. The highest BCUT2D eigenvalue weighted by Crippen LogP contribution is 2.29. The molecular weight excluding hydrogens is 316 g/mol. The Morgan fingerprint density at radius 1 is 1.12 bits per heavy atom. The third kappa shape index (κ3) is 3.83. The van der Waals surface area contributed by atoms with Gasteiger partial charge in [0.05, 0.1) is 21.6 Å². The molecule has 0 aliphatic heterocycles. The van der Waals surface area contributed by atoms with Crippen LogP contribution >= 0.6 is 0 Å². The molecule has 0 spiro atoms. The molecule has 0 heterocycles. The van der Waals surface area contributed by atoms with Crippen LogP contribution in [0, 0.1) is 20.2 Å². The predicted molar refractivity (Wildman–Crippen MR) is 88.3 cm³/mol. The normalized spacial score (nSPS) is 11.1. The lowest BCUT2D eigenvalue weighted by molar-refractivity contribution is -0.393. The quantitative estimate of drug-likeness (QED) is 0.474. The number of hydrazone groups is 1. The van der Waals surface area contributed by atoms with Crippen molar-refractivity contribution < 1.29 is 15.0 Å². The molecule has 2 N–H and O–H groups in total. The Labute approximate surface area is 136 Å². The van der Waals surface area contributed by atoms with Crippen LogP contribution in [0.2, 0.25) is 0 Å². The number of nitrogens with one attached hydrogen (secondary N) is 1. The number of aromatic hydroxyl groups is 1. The van der Waals surface area contributed by atoms with Crippen LogP contribution in [-0.4, -0.2) is 20.7 Å². The van der Waals surface area contributed by atoms with E-state index in [2.05, 4.69) is 10.5 Å². The predicted octanol–water partition coefficient (Wildman–Crippen LogP) is 3.43. The van der Waals surface area contributed by atoms with Gasteiger partial charge in [0.2, 0.25) is 0 Å². The molecule has 0 saturated heterocycles. The van der Waals surface area contributed by atoms with Gasteiger partial charge in [0.25, 0.3) is 5.69 Å². The van der Waals surface area contributed by atoms with Crippen molar-refractivity contribution in [1.29, 1.82) is 0 Å². The fourth-order valence-corrected chi connectivity index (χ4v) is 2.01. The molecule has 0 aliphatic carbocycles. The molecule has 2 aromatic carbocycles. The third-order valence-electron chi connectivity index (χ3n) is 3.24. The van der Waals surface area contributed by atoms with Crippen LogP contribution in [-0.2, 0) is 0 Å². The van der Waals surface area contributed by atoms with Crippen molar-refractivity contribution in [2.24, 2.45) is 5.10 Å². The maximum absolute atomic E-state index is 11.1. The fraction of sp³-hybridized carbons (Fsp3) is 0.133. The van der Waals surface area contributed by atoms with E-state index in [1.165, 1.54) is 18.2 Å². The minimum atomic E-state index is -0.711. The van der Waals surface area contributed by atoms with Crippen molar-refractivity contribution >= 4 is 22.8 Å². The number of nitro groups is 2. The lowest BCUT2D eigenvalue weighted by atomic mass is 10.1. The number of non-ortho nitro benzene ring substituents is 1. The largest absolute Gasteiger partial charge is 0.508 e. The standard InChI is InChI=1S/C15H14N4O5/c1-2-13(10-3-6-12(20)7-4-10)16-17-14-8-5-11(18(21)22)9-15(14)19(23)24/h3-9,17,20H,2H2,1H3/b16-13-. The van der Waals surface area contributed by atoms with E-state index in [1.807, 2.05) is 6.92 Å². The number of phenolic OH excluding ortho intramolecular Hbond substituents is 1. The summed E-state index contributed by atoms with van der Waals surface area (Å²) in [6.45, 7) is 1.86. The average molecular weight is 330 g/mol. The van der Waals surface area contributed by atoms with Crippen LogP contribution < -0.4 is 5.43 Å². The number of nitrogens with zero attached hydrogens (tertiary/aromatic N) is 3. The minimum absolute atomic E-state index is 0.0512. The summed E-state index contributed by atoms with van der Waals surface area (Å²) in [7, 11) is 0. The minimum Gasteiger partial charge on any atom is -0.508 e. The van der Waals surface area contributed by atoms with Crippen LogP contribution in [0.4, 0.5) is 17.1 Å². The second-order valence-electron chi connectivity index (χ2n) is 4.79. The molecule has 2 aromatic rings. The smallest absolute Gasteiger partial charge is 0.301 e. The van der Waals surface area contributed by atoms with E-state index in [0.29, 0.717) is 12.1 Å². The van der Waals surface area contributed by atoms with Gasteiger partial charge in [-0.15, -0.1) is 0 Å². The van der Waals surface area contributed by atoms with Crippen molar-refractivity contribution in [3.05, 3.63) is 68.3 Å². The van der Waals surface area contributed by atoms with Crippen LogP contribution in [0.3, 0.4) is 0 Å². The molecule has 0 aliphatic rings. The number of anilines is 1. The molecule has 0 bridgehead atoms. The van der Waals surface area contributed by atoms with Crippen molar-refractivity contribution in [3.63, 3.8) is 0 Å². The first-order chi connectivity index (χ1) is 11.4. The summed E-state index contributed by atoms with van der Waals surface area (Å²) in [4.78, 5) is 20.4. The highest BCUT2D eigenvalue weighted by molar-refractivity contribution is 6.00. The summed E-state index contributed by atoms with van der Waals surface area (Å²) >= 11 is 0. The SMILES string of the molecule is CC/C(=N/Nc1ccc([N+](=O)[O-])cc1[N+](=O)[O-])c1ccc(O)cc1. The van der Waals surface area contributed by atoms with Gasteiger partial charge in [-0.3, -0.25) is 25.7 Å². The second kappa shape index (κ2) is 7.18. The molecule has 0 radical (unpaired) electrons. The molecule has 24 heavy (non-hydrogen) atoms. The van der Waals surface area contributed by atoms with Gasteiger partial charge in [-0.2, -0.15) is 5.10 Å². The zero-order chi connectivity index (χ0) is 17.7. The number of rotatable bonds is 6. The van der Waals surface area contributed by atoms with Gasteiger partial charge < -0.3 is 5.11 Å². The highest BCUT2D eigenvalue weighted by atomic mass is 16.6. The molecule has 124 valence electrons. The van der Waals surface area contributed by atoms with Crippen molar-refractivity contribution in [2.45, 2.75) is 13.3 Å². The summed E-state index contributed by atoms with van der Waals surface area (Å²) in [5.41, 5.74) is 3.19. The molecule has 0 aromatic heterocycles. The summed E-state index contributed by atoms with van der Waals surface area (Å²) in [5, 5.41) is 35.3. The van der Waals surface area contributed by atoms with E-state index in [0.717, 1.165) is 17.7 Å². The van der Waals surface area contributed by atoms with E-state index < -0.39 is 15.5 Å². The van der Waals surface area contributed by atoms with Crippen LogP contribution in [0.15, 0.2) is 47.6 Å². The number of hydrogen-bond acceptors (Lipinski definition) is 7. The monoisotopic (exact) mass is 330 g/mol. The van der Waals surface area contributed by atoms with E-state index >= 15 is 0 Å². The van der Waals surface area contributed by atoms with E-state index in [1.54, 1.807) is 12.1 Å². The van der Waals surface area contributed by atoms with E-state index in [-0.39, 0.29) is 17.1 Å². The third-order valence-corrected chi connectivity index (χ3v) is 3.24. The van der Waals surface area contributed by atoms with Gasteiger partial charge in [-0.05, 0) is 42.3 Å². The maximum Gasteiger partial charge on any atom is 0.301 e. The van der Waals surface area contributed by atoms with Crippen molar-refractivity contribution in [1.82, 2.24) is 0 Å². The number of benzene rings is 2. The fourth-order valence-electron chi connectivity index (χ4n) is 2.01. The van der Waals surface area contributed by atoms with Crippen LogP contribution in [0.5, 0.6) is 5.75 Å². The summed E-state index contributed by atoms with van der Waals surface area (Å²) < 4.78 is 0. The first-order valence-corrected chi connectivity index (χ1v) is 6.97. The molecule has 9 heteroatoms. The molecule has 0 fully saturated rings. The molecule has 2 rings (SSSR count). The maximum atomic E-state index is 11.1. The number of hydrogen-bond donors (Lipinski definition) is 2. The molecule has 0 saturated carbocycles. The first-order valence-electron chi connectivity index (χ1n) is 6.97. The highest BCUT2D eigenvalue weighted by Gasteiger charge is 2.19. The number of phenols is 1. The summed E-state index contributed by atoms with van der Waals surface area (Å²) in [6.07, 6.45) is 0.540. The molecule has 9 nitrogen and oxygen atoms in total. The van der Waals surface area contributed by atoms with Crippen molar-refractivity contribution in [3.8, 4) is 5.75 Å². The number of nitro benzene ring substituents is 2. The summed E-state index contributed by atoms with van der Waals surface area (Å²) in [6, 6.07) is 9.64. The second-order valence-corrected chi connectivity index (χ2v) is 4.79. The Morgan fingerprint density at radius 3 is 2.33 bits per heavy atom.